The van der Waals surface area contributed by atoms with Crippen LogP contribution in [0.3, 0.4) is 0 Å². The molecule has 2 fully saturated rings. The Balaban J connectivity index is 1.17. The fourth-order valence-electron chi connectivity index (χ4n) is 5.13. The predicted molar refractivity (Wildman–Crippen MR) is 150 cm³/mol. The van der Waals surface area contributed by atoms with Gasteiger partial charge < -0.3 is 15.5 Å². The molecule has 4 heterocycles. The number of likely N-dealkylation sites (tertiary alicyclic amines) is 1. The van der Waals surface area contributed by atoms with Crippen LogP contribution in [0.5, 0.6) is 0 Å². The maximum Gasteiger partial charge on any atom is 0.229 e. The molecule has 9 nitrogen and oxygen atoms in total. The summed E-state index contributed by atoms with van der Waals surface area (Å²) in [4.78, 5) is 11.6. The van der Waals surface area contributed by atoms with Gasteiger partial charge in [0.15, 0.2) is 11.6 Å². The molecule has 0 amide bonds. The number of nitrogens with zero attached hydrogens (tertiary/aromatic N) is 5. The van der Waals surface area contributed by atoms with Gasteiger partial charge in [0, 0.05) is 37.1 Å². The number of aromatic nitrogens is 4. The lowest BCUT2D eigenvalue weighted by Gasteiger charge is -2.34. The Labute approximate surface area is 224 Å². The molecule has 10 heteroatoms. The zero-order valence-electron chi connectivity index (χ0n) is 22.1. The van der Waals surface area contributed by atoms with Crippen LogP contribution in [0.25, 0.3) is 0 Å². The van der Waals surface area contributed by atoms with Crippen LogP contribution in [0.4, 0.5) is 23.3 Å². The van der Waals surface area contributed by atoms with Crippen molar-refractivity contribution in [1.82, 2.24) is 35.5 Å². The van der Waals surface area contributed by atoms with Gasteiger partial charge in [0.05, 0.1) is 6.20 Å². The third kappa shape index (κ3) is 6.59. The number of anilines is 4. The SMILES string of the molecule is Cc1cc(Nc2nc(Nc3cc(C)c(C4CCN(CCCNN5CCC5)CC4)cc3C)ncc2Cl)n[nH]1. The van der Waals surface area contributed by atoms with Crippen molar-refractivity contribution < 1.29 is 0 Å². The van der Waals surface area contributed by atoms with E-state index in [2.05, 4.69) is 72.1 Å². The molecule has 0 spiro atoms. The van der Waals surface area contributed by atoms with E-state index < -0.39 is 0 Å². The highest BCUT2D eigenvalue weighted by Gasteiger charge is 2.23. The van der Waals surface area contributed by atoms with Gasteiger partial charge >= 0.3 is 0 Å². The fourth-order valence-corrected chi connectivity index (χ4v) is 5.27. The number of nitrogens with one attached hydrogen (secondary N) is 4. The van der Waals surface area contributed by atoms with Crippen molar-refractivity contribution in [2.24, 2.45) is 0 Å². The molecule has 0 radical (unpaired) electrons. The van der Waals surface area contributed by atoms with Gasteiger partial charge in [0.1, 0.15) is 5.02 Å². The molecule has 5 rings (SSSR count). The summed E-state index contributed by atoms with van der Waals surface area (Å²) in [5, 5.41) is 16.4. The first kappa shape index (κ1) is 25.9. The van der Waals surface area contributed by atoms with Crippen LogP contribution >= 0.6 is 11.6 Å². The molecule has 2 aliphatic rings. The summed E-state index contributed by atoms with van der Waals surface area (Å²) in [7, 11) is 0. The summed E-state index contributed by atoms with van der Waals surface area (Å²) in [5.74, 6) is 2.28. The second-order valence-electron chi connectivity index (χ2n) is 10.3. The van der Waals surface area contributed by atoms with Crippen molar-refractivity contribution in [3.63, 3.8) is 0 Å². The number of H-pyrrole nitrogens is 1. The van der Waals surface area contributed by atoms with E-state index in [9.17, 15) is 0 Å². The smallest absolute Gasteiger partial charge is 0.229 e. The van der Waals surface area contributed by atoms with Crippen LogP contribution < -0.4 is 16.1 Å². The first-order valence-corrected chi connectivity index (χ1v) is 13.7. The molecule has 2 aromatic heterocycles. The lowest BCUT2D eigenvalue weighted by atomic mass is 9.85. The number of rotatable bonds is 10. The van der Waals surface area contributed by atoms with Crippen molar-refractivity contribution in [2.75, 3.05) is 49.9 Å². The molecule has 0 bridgehead atoms. The van der Waals surface area contributed by atoms with E-state index in [1.165, 1.54) is 75.1 Å². The largest absolute Gasteiger partial charge is 0.324 e. The minimum atomic E-state index is 0.438. The number of piperidine rings is 1. The van der Waals surface area contributed by atoms with Crippen molar-refractivity contribution in [3.8, 4) is 0 Å². The van der Waals surface area contributed by atoms with Crippen LogP contribution in [0.2, 0.25) is 5.02 Å². The first-order valence-electron chi connectivity index (χ1n) is 13.3. The molecule has 198 valence electrons. The first-order chi connectivity index (χ1) is 17.9. The second-order valence-corrected chi connectivity index (χ2v) is 10.7. The molecule has 4 N–H and O–H groups in total. The molecule has 2 saturated heterocycles. The maximum absolute atomic E-state index is 6.32. The molecular weight excluding hydrogens is 486 g/mol. The Kier molecular flexibility index (Phi) is 8.24. The van der Waals surface area contributed by atoms with Gasteiger partial charge in [-0.25, -0.2) is 9.99 Å². The molecule has 1 aromatic carbocycles. The Morgan fingerprint density at radius 2 is 1.84 bits per heavy atom. The highest BCUT2D eigenvalue weighted by atomic mass is 35.5. The molecular formula is C27H38ClN9. The monoisotopic (exact) mass is 523 g/mol. The third-order valence-corrected chi connectivity index (χ3v) is 7.70. The highest BCUT2D eigenvalue weighted by molar-refractivity contribution is 6.32. The normalized spacial score (nSPS) is 17.1. The van der Waals surface area contributed by atoms with E-state index in [1.54, 1.807) is 6.20 Å². The lowest BCUT2D eigenvalue weighted by Crippen LogP contribution is -2.48. The van der Waals surface area contributed by atoms with Crippen molar-refractivity contribution in [2.45, 2.75) is 52.4 Å². The van der Waals surface area contributed by atoms with Gasteiger partial charge in [-0.05, 0) is 94.8 Å². The average Bonchev–Trinajstić information content (AvgIpc) is 3.27. The Morgan fingerprint density at radius 1 is 1.03 bits per heavy atom. The van der Waals surface area contributed by atoms with Gasteiger partial charge in [-0.15, -0.1) is 0 Å². The number of aromatic amines is 1. The van der Waals surface area contributed by atoms with Crippen LogP contribution in [-0.4, -0.2) is 69.3 Å². The molecule has 37 heavy (non-hydrogen) atoms. The molecule has 0 atom stereocenters. The summed E-state index contributed by atoms with van der Waals surface area (Å²) in [5.41, 5.74) is 9.46. The van der Waals surface area contributed by atoms with Gasteiger partial charge in [0.25, 0.3) is 0 Å². The van der Waals surface area contributed by atoms with E-state index in [0.717, 1.165) is 17.9 Å². The predicted octanol–water partition coefficient (Wildman–Crippen LogP) is 5.05. The van der Waals surface area contributed by atoms with Crippen molar-refractivity contribution in [3.05, 3.63) is 51.8 Å². The fraction of sp³-hybridized carbons (Fsp3) is 0.519. The molecule has 0 aliphatic carbocycles. The second kappa shape index (κ2) is 11.8. The van der Waals surface area contributed by atoms with Crippen molar-refractivity contribution >= 4 is 34.9 Å². The zero-order valence-corrected chi connectivity index (χ0v) is 22.8. The van der Waals surface area contributed by atoms with Crippen LogP contribution in [0.1, 0.15) is 54.0 Å². The topological polar surface area (TPSA) is 97.0 Å². The van der Waals surface area contributed by atoms with E-state index in [1.807, 2.05) is 13.0 Å². The molecule has 3 aromatic rings. The minimum absolute atomic E-state index is 0.438. The molecule has 2 aliphatic heterocycles. The Hall–Kier alpha value is -2.72. The van der Waals surface area contributed by atoms with Crippen LogP contribution in [0.15, 0.2) is 24.4 Å². The standard InChI is InChI=1S/C27H38ClN9/c1-18-15-24(31-27-29-17-23(28)26(33-27)32-25-16-20(3)34-35-25)19(2)14-22(18)21-6-12-36(13-7-21)9-4-8-30-37-10-5-11-37/h14-17,21,30H,4-13H2,1-3H3,(H3,29,31,32,33,34,35). The van der Waals surface area contributed by atoms with Gasteiger partial charge in [-0.3, -0.25) is 10.5 Å². The summed E-state index contributed by atoms with van der Waals surface area (Å²) in [6.45, 7) is 13.3. The number of aryl methyl sites for hydroxylation is 3. The van der Waals surface area contributed by atoms with E-state index >= 15 is 0 Å². The van der Waals surface area contributed by atoms with E-state index in [4.69, 9.17) is 11.6 Å². The quantitative estimate of drug-likeness (QED) is 0.274. The summed E-state index contributed by atoms with van der Waals surface area (Å²) < 4.78 is 0. The van der Waals surface area contributed by atoms with E-state index in [-0.39, 0.29) is 0 Å². The van der Waals surface area contributed by atoms with Gasteiger partial charge in [-0.1, -0.05) is 17.7 Å². The van der Waals surface area contributed by atoms with E-state index in [0.29, 0.717) is 28.5 Å². The summed E-state index contributed by atoms with van der Waals surface area (Å²) in [6, 6.07) is 6.46. The maximum atomic E-state index is 6.32. The van der Waals surface area contributed by atoms with Crippen molar-refractivity contribution in [1.29, 1.82) is 0 Å². The van der Waals surface area contributed by atoms with Crippen LogP contribution in [-0.2, 0) is 0 Å². The zero-order chi connectivity index (χ0) is 25.8. The summed E-state index contributed by atoms with van der Waals surface area (Å²) in [6.07, 6.45) is 6.58. The van der Waals surface area contributed by atoms with Gasteiger partial charge in [0.2, 0.25) is 5.95 Å². The summed E-state index contributed by atoms with van der Waals surface area (Å²) >= 11 is 6.32. The lowest BCUT2D eigenvalue weighted by molar-refractivity contribution is 0.104. The Morgan fingerprint density at radius 3 is 2.54 bits per heavy atom. The number of hydrazine groups is 1. The number of halogens is 1. The molecule has 0 unspecified atom stereocenters. The van der Waals surface area contributed by atoms with Crippen LogP contribution in [0, 0.1) is 20.8 Å². The highest BCUT2D eigenvalue weighted by Crippen LogP contribution is 2.34. The molecule has 0 saturated carbocycles. The average molecular weight is 524 g/mol. The van der Waals surface area contributed by atoms with Gasteiger partial charge in [-0.2, -0.15) is 10.1 Å². The third-order valence-electron chi connectivity index (χ3n) is 7.43. The Bertz CT molecular complexity index is 1200. The number of benzene rings is 1. The minimum Gasteiger partial charge on any atom is -0.324 e. The number of hydrogen-bond acceptors (Lipinski definition) is 8. The number of hydrogen-bond donors (Lipinski definition) is 4.